The number of amides is 1. The van der Waals surface area contributed by atoms with E-state index in [0.717, 1.165) is 0 Å². The molecule has 0 bridgehead atoms. The lowest BCUT2D eigenvalue weighted by Crippen LogP contribution is -2.44. The van der Waals surface area contributed by atoms with Gasteiger partial charge in [0, 0.05) is 6.54 Å². The van der Waals surface area contributed by atoms with Gasteiger partial charge in [-0.2, -0.15) is 0 Å². The van der Waals surface area contributed by atoms with Crippen LogP contribution in [0.3, 0.4) is 0 Å². The van der Waals surface area contributed by atoms with Crippen LogP contribution in [0.2, 0.25) is 0 Å². The zero-order valence-corrected chi connectivity index (χ0v) is 8.00. The number of carbonyl (C=O) groups is 2. The minimum Gasteiger partial charge on any atom is -0.465 e. The molecule has 1 fully saturated rings. The summed E-state index contributed by atoms with van der Waals surface area (Å²) >= 11 is 0. The van der Waals surface area contributed by atoms with Crippen molar-refractivity contribution in [1.29, 1.82) is 0 Å². The van der Waals surface area contributed by atoms with Crippen molar-refractivity contribution >= 4 is 11.9 Å². The highest BCUT2D eigenvalue weighted by Gasteiger charge is 2.33. The zero-order chi connectivity index (χ0) is 9.84. The molecule has 1 N–H and O–H groups in total. The summed E-state index contributed by atoms with van der Waals surface area (Å²) in [5, 5.41) is 2.68. The summed E-state index contributed by atoms with van der Waals surface area (Å²) in [5.41, 5.74) is 0. The molecule has 0 aliphatic carbocycles. The maximum Gasteiger partial charge on any atom is 0.318 e. The van der Waals surface area contributed by atoms with E-state index in [0.29, 0.717) is 25.5 Å². The van der Waals surface area contributed by atoms with Crippen LogP contribution in [0.15, 0.2) is 0 Å². The first-order valence-corrected chi connectivity index (χ1v) is 4.59. The Bertz CT molecular complexity index is 215. The number of piperidine rings is 1. The molecule has 0 aromatic carbocycles. The first-order chi connectivity index (χ1) is 6.15. The molecular formula is C9H15NO3. The second-order valence-electron chi connectivity index (χ2n) is 3.39. The van der Waals surface area contributed by atoms with Gasteiger partial charge in [0.1, 0.15) is 5.92 Å². The van der Waals surface area contributed by atoms with E-state index in [9.17, 15) is 9.59 Å². The maximum absolute atomic E-state index is 11.3. The molecule has 0 saturated carbocycles. The van der Waals surface area contributed by atoms with Crippen molar-refractivity contribution < 1.29 is 14.3 Å². The molecule has 4 nitrogen and oxygen atoms in total. The fraction of sp³-hybridized carbons (Fsp3) is 0.778. The highest BCUT2D eigenvalue weighted by atomic mass is 16.5. The molecule has 1 saturated heterocycles. The SMILES string of the molecule is CCOC(=O)[C@H]1C[C@@H](C)CNC1=O. The molecule has 2 atom stereocenters. The summed E-state index contributed by atoms with van der Waals surface area (Å²) < 4.78 is 4.80. The van der Waals surface area contributed by atoms with Gasteiger partial charge in [0.2, 0.25) is 5.91 Å². The first kappa shape index (κ1) is 10.0. The number of rotatable bonds is 2. The van der Waals surface area contributed by atoms with E-state index in [1.54, 1.807) is 6.92 Å². The van der Waals surface area contributed by atoms with E-state index >= 15 is 0 Å². The third-order valence-electron chi connectivity index (χ3n) is 2.15. The Balaban J connectivity index is 2.55. The fourth-order valence-electron chi connectivity index (χ4n) is 1.44. The van der Waals surface area contributed by atoms with Crippen molar-refractivity contribution in [3.8, 4) is 0 Å². The summed E-state index contributed by atoms with van der Waals surface area (Å²) in [6, 6.07) is 0. The van der Waals surface area contributed by atoms with Crippen LogP contribution in [0.4, 0.5) is 0 Å². The highest BCUT2D eigenvalue weighted by molar-refractivity contribution is 5.98. The van der Waals surface area contributed by atoms with Crippen LogP contribution in [0, 0.1) is 11.8 Å². The standard InChI is InChI=1S/C9H15NO3/c1-3-13-9(12)7-4-6(2)5-10-8(7)11/h6-7H,3-5H2,1-2H3,(H,10,11)/t6-,7+/m1/s1. The molecule has 1 rings (SSSR count). The average Bonchev–Trinajstić information content (AvgIpc) is 2.09. The average molecular weight is 185 g/mol. The molecule has 13 heavy (non-hydrogen) atoms. The lowest BCUT2D eigenvalue weighted by atomic mass is 9.91. The van der Waals surface area contributed by atoms with Gasteiger partial charge in [-0.25, -0.2) is 0 Å². The summed E-state index contributed by atoms with van der Waals surface area (Å²) in [4.78, 5) is 22.5. The van der Waals surface area contributed by atoms with Crippen molar-refractivity contribution in [3.63, 3.8) is 0 Å². The number of hydrogen-bond acceptors (Lipinski definition) is 3. The third-order valence-corrected chi connectivity index (χ3v) is 2.15. The number of ether oxygens (including phenoxy) is 1. The topological polar surface area (TPSA) is 55.4 Å². The van der Waals surface area contributed by atoms with E-state index in [1.807, 2.05) is 6.92 Å². The van der Waals surface area contributed by atoms with E-state index in [2.05, 4.69) is 5.32 Å². The van der Waals surface area contributed by atoms with Crippen molar-refractivity contribution in [2.24, 2.45) is 11.8 Å². The fourth-order valence-corrected chi connectivity index (χ4v) is 1.44. The van der Waals surface area contributed by atoms with E-state index in [4.69, 9.17) is 4.74 Å². The van der Waals surface area contributed by atoms with Gasteiger partial charge in [-0.3, -0.25) is 9.59 Å². The van der Waals surface area contributed by atoms with Gasteiger partial charge in [0.15, 0.2) is 0 Å². The minimum atomic E-state index is -0.594. The minimum absolute atomic E-state index is 0.198. The Morgan fingerprint density at radius 2 is 2.38 bits per heavy atom. The predicted molar refractivity (Wildman–Crippen MR) is 46.9 cm³/mol. The van der Waals surface area contributed by atoms with Crippen molar-refractivity contribution in [1.82, 2.24) is 5.32 Å². The predicted octanol–water partition coefficient (Wildman–Crippen LogP) is 0.322. The van der Waals surface area contributed by atoms with E-state index in [1.165, 1.54) is 0 Å². The van der Waals surface area contributed by atoms with Gasteiger partial charge in [-0.1, -0.05) is 6.92 Å². The normalized spacial score (nSPS) is 28.0. The van der Waals surface area contributed by atoms with E-state index in [-0.39, 0.29) is 5.91 Å². The molecule has 1 amide bonds. The molecule has 4 heteroatoms. The lowest BCUT2D eigenvalue weighted by molar-refractivity contribution is -0.154. The molecule has 74 valence electrons. The quantitative estimate of drug-likeness (QED) is 0.498. The largest absolute Gasteiger partial charge is 0.465 e. The Hall–Kier alpha value is -1.06. The smallest absolute Gasteiger partial charge is 0.318 e. The number of carbonyl (C=O) groups excluding carboxylic acids is 2. The Kier molecular flexibility index (Phi) is 3.28. The summed E-state index contributed by atoms with van der Waals surface area (Å²) in [5.74, 6) is -0.834. The van der Waals surface area contributed by atoms with Crippen LogP contribution in [-0.4, -0.2) is 25.0 Å². The summed E-state index contributed by atoms with van der Waals surface area (Å²) in [6.07, 6.45) is 0.602. The number of esters is 1. The third kappa shape index (κ3) is 2.44. The highest BCUT2D eigenvalue weighted by Crippen LogP contribution is 2.17. The van der Waals surface area contributed by atoms with Gasteiger partial charge in [0.25, 0.3) is 0 Å². The monoisotopic (exact) mass is 185 g/mol. The van der Waals surface area contributed by atoms with Crippen LogP contribution in [0.1, 0.15) is 20.3 Å². The molecule has 0 spiro atoms. The second-order valence-corrected chi connectivity index (χ2v) is 3.39. The second kappa shape index (κ2) is 4.25. The molecule has 0 aromatic rings. The Morgan fingerprint density at radius 1 is 1.69 bits per heavy atom. The van der Waals surface area contributed by atoms with Gasteiger partial charge in [-0.05, 0) is 19.3 Å². The Labute approximate surface area is 77.6 Å². The van der Waals surface area contributed by atoms with Crippen LogP contribution in [0.25, 0.3) is 0 Å². The molecular weight excluding hydrogens is 170 g/mol. The van der Waals surface area contributed by atoms with Crippen molar-refractivity contribution in [2.45, 2.75) is 20.3 Å². The molecule has 0 unspecified atom stereocenters. The number of hydrogen-bond donors (Lipinski definition) is 1. The van der Waals surface area contributed by atoms with Crippen LogP contribution < -0.4 is 5.32 Å². The number of nitrogens with one attached hydrogen (secondary N) is 1. The maximum atomic E-state index is 11.3. The van der Waals surface area contributed by atoms with Crippen molar-refractivity contribution in [3.05, 3.63) is 0 Å². The van der Waals surface area contributed by atoms with Crippen molar-refractivity contribution in [2.75, 3.05) is 13.2 Å². The molecule has 0 aromatic heterocycles. The zero-order valence-electron chi connectivity index (χ0n) is 8.00. The summed E-state index contributed by atoms with van der Waals surface area (Å²) in [7, 11) is 0. The lowest BCUT2D eigenvalue weighted by Gasteiger charge is -2.25. The van der Waals surface area contributed by atoms with E-state index < -0.39 is 11.9 Å². The molecule has 1 aliphatic heterocycles. The van der Waals surface area contributed by atoms with Gasteiger partial charge >= 0.3 is 5.97 Å². The van der Waals surface area contributed by atoms with Gasteiger partial charge in [0.05, 0.1) is 6.61 Å². The van der Waals surface area contributed by atoms with Crippen LogP contribution >= 0.6 is 0 Å². The molecule has 1 heterocycles. The summed E-state index contributed by atoms with van der Waals surface area (Å²) in [6.45, 7) is 4.74. The van der Waals surface area contributed by atoms with Crippen LogP contribution in [0.5, 0.6) is 0 Å². The van der Waals surface area contributed by atoms with Crippen LogP contribution in [-0.2, 0) is 14.3 Å². The molecule has 1 aliphatic rings. The van der Waals surface area contributed by atoms with Gasteiger partial charge < -0.3 is 10.1 Å². The van der Waals surface area contributed by atoms with Gasteiger partial charge in [-0.15, -0.1) is 0 Å². The molecule has 0 radical (unpaired) electrons. The Morgan fingerprint density at radius 3 is 3.00 bits per heavy atom. The first-order valence-electron chi connectivity index (χ1n) is 4.59.